The Morgan fingerprint density at radius 1 is 0.583 bits per heavy atom. The maximum atomic E-state index is 11.6. The molecule has 136 valence electrons. The summed E-state index contributed by atoms with van der Waals surface area (Å²) in [6.07, 6.45) is 5.66. The topological polar surface area (TPSA) is 106 Å². The Hall–Kier alpha value is -1.85. The van der Waals surface area contributed by atoms with Crippen LogP contribution in [0.3, 0.4) is 0 Å². The Kier molecular flexibility index (Phi) is 12.5. The van der Waals surface area contributed by atoms with Gasteiger partial charge in [-0.1, -0.05) is 39.0 Å². The summed E-state index contributed by atoms with van der Waals surface area (Å²) in [6.45, 7) is 1.99. The van der Waals surface area contributed by atoms with E-state index in [1.165, 1.54) is 0 Å². The lowest BCUT2D eigenvalue weighted by Crippen LogP contribution is -2.23. The number of Topliss-reactive ketones (excluding diaryl/α,β-unsaturated/α-hetero) is 4. The van der Waals surface area contributed by atoms with E-state index in [-0.39, 0.29) is 19.3 Å². The van der Waals surface area contributed by atoms with E-state index in [1.807, 2.05) is 6.92 Å². The molecule has 0 bridgehead atoms. The van der Waals surface area contributed by atoms with Crippen molar-refractivity contribution in [1.82, 2.24) is 0 Å². The van der Waals surface area contributed by atoms with Crippen LogP contribution in [-0.4, -0.2) is 34.2 Å². The van der Waals surface area contributed by atoms with Gasteiger partial charge < -0.3 is 5.11 Å². The van der Waals surface area contributed by atoms with Crippen molar-refractivity contribution >= 4 is 29.1 Å². The summed E-state index contributed by atoms with van der Waals surface area (Å²) in [5, 5.41) is 8.49. The first-order valence-corrected chi connectivity index (χ1v) is 8.72. The van der Waals surface area contributed by atoms with Crippen molar-refractivity contribution in [3.63, 3.8) is 0 Å². The molecule has 0 aromatic rings. The molecule has 6 nitrogen and oxygen atoms in total. The first-order valence-electron chi connectivity index (χ1n) is 8.72. The molecule has 0 fully saturated rings. The van der Waals surface area contributed by atoms with Crippen molar-refractivity contribution in [2.24, 2.45) is 0 Å². The second kappa shape index (κ2) is 13.6. The Labute approximate surface area is 143 Å². The third kappa shape index (κ3) is 11.7. The van der Waals surface area contributed by atoms with Gasteiger partial charge in [-0.3, -0.25) is 24.0 Å². The van der Waals surface area contributed by atoms with Crippen molar-refractivity contribution in [3.05, 3.63) is 0 Å². The highest BCUT2D eigenvalue weighted by atomic mass is 16.4. The molecule has 0 spiro atoms. The molecule has 0 aliphatic heterocycles. The van der Waals surface area contributed by atoms with Gasteiger partial charge in [0, 0.05) is 19.3 Å². The molecule has 0 heterocycles. The number of unbranched alkanes of at least 4 members (excludes halogenated alkanes) is 6. The van der Waals surface area contributed by atoms with Crippen LogP contribution in [0.4, 0.5) is 0 Å². The summed E-state index contributed by atoms with van der Waals surface area (Å²) in [7, 11) is 0. The smallest absolute Gasteiger partial charge is 0.303 e. The van der Waals surface area contributed by atoms with Crippen LogP contribution in [0.15, 0.2) is 0 Å². The predicted octanol–water partition coefficient (Wildman–Crippen LogP) is 3.05. The van der Waals surface area contributed by atoms with E-state index in [0.717, 1.165) is 32.1 Å². The van der Waals surface area contributed by atoms with Gasteiger partial charge in [0.05, 0.1) is 6.42 Å². The molecule has 0 radical (unpaired) electrons. The van der Waals surface area contributed by atoms with Gasteiger partial charge in [-0.15, -0.1) is 0 Å². The molecular weight excluding hydrogens is 312 g/mol. The molecule has 0 atom stereocenters. The number of carboxylic acid groups (broad SMARTS) is 1. The second-order valence-corrected chi connectivity index (χ2v) is 5.99. The number of aliphatic carboxylic acids is 1. The van der Waals surface area contributed by atoms with E-state index in [1.54, 1.807) is 0 Å². The van der Waals surface area contributed by atoms with Crippen molar-refractivity contribution < 1.29 is 29.1 Å². The summed E-state index contributed by atoms with van der Waals surface area (Å²) in [5.74, 6) is -3.53. The Morgan fingerprint density at radius 3 is 1.46 bits per heavy atom. The van der Waals surface area contributed by atoms with Crippen molar-refractivity contribution in [2.45, 2.75) is 84.0 Å². The number of carboxylic acids is 1. The lowest BCUT2D eigenvalue weighted by Gasteiger charge is -2.02. The number of hydrogen-bond acceptors (Lipinski definition) is 5. The van der Waals surface area contributed by atoms with Crippen LogP contribution >= 0.6 is 0 Å². The zero-order valence-electron chi connectivity index (χ0n) is 14.5. The fourth-order valence-electron chi connectivity index (χ4n) is 2.25. The van der Waals surface area contributed by atoms with E-state index in [0.29, 0.717) is 19.3 Å². The van der Waals surface area contributed by atoms with Crippen LogP contribution in [0.25, 0.3) is 0 Å². The van der Waals surface area contributed by atoms with Gasteiger partial charge >= 0.3 is 5.97 Å². The third-order valence-electron chi connectivity index (χ3n) is 3.74. The Morgan fingerprint density at radius 2 is 1.00 bits per heavy atom. The van der Waals surface area contributed by atoms with E-state index < -0.39 is 35.5 Å². The Balaban J connectivity index is 3.82. The van der Waals surface area contributed by atoms with Crippen LogP contribution < -0.4 is 0 Å². The third-order valence-corrected chi connectivity index (χ3v) is 3.74. The fraction of sp³-hybridized carbons (Fsp3) is 0.722. The number of carbonyl (C=O) groups excluding carboxylic acids is 4. The minimum absolute atomic E-state index is 0.0784. The minimum Gasteiger partial charge on any atom is -0.481 e. The van der Waals surface area contributed by atoms with Crippen molar-refractivity contribution in [1.29, 1.82) is 0 Å². The lowest BCUT2D eigenvalue weighted by molar-refractivity contribution is -0.142. The summed E-state index contributed by atoms with van der Waals surface area (Å²) in [4.78, 5) is 56.7. The summed E-state index contributed by atoms with van der Waals surface area (Å²) in [5.41, 5.74) is 0. The van der Waals surface area contributed by atoms with Crippen LogP contribution in [0, 0.1) is 0 Å². The highest BCUT2D eigenvalue weighted by molar-refractivity contribution is 6.48. The first kappa shape index (κ1) is 22.1. The summed E-state index contributed by atoms with van der Waals surface area (Å²) < 4.78 is 0. The Bertz CT molecular complexity index is 452. The van der Waals surface area contributed by atoms with Crippen LogP contribution in [-0.2, 0) is 24.0 Å². The molecule has 0 amide bonds. The predicted molar refractivity (Wildman–Crippen MR) is 88.7 cm³/mol. The van der Waals surface area contributed by atoms with E-state index in [2.05, 4.69) is 0 Å². The molecule has 0 unspecified atom stereocenters. The number of hydrogen-bond donors (Lipinski definition) is 1. The molecule has 0 aliphatic carbocycles. The molecule has 0 saturated carbocycles. The fourth-order valence-corrected chi connectivity index (χ4v) is 2.25. The highest BCUT2D eigenvalue weighted by Crippen LogP contribution is 2.09. The molecule has 0 rings (SSSR count). The van der Waals surface area contributed by atoms with Crippen LogP contribution in [0.5, 0.6) is 0 Å². The van der Waals surface area contributed by atoms with Gasteiger partial charge in [0.2, 0.25) is 11.6 Å². The first-order chi connectivity index (χ1) is 11.4. The molecule has 1 N–H and O–H groups in total. The normalized spacial score (nSPS) is 10.4. The molecule has 0 aromatic heterocycles. The summed E-state index contributed by atoms with van der Waals surface area (Å²) >= 11 is 0. The zero-order valence-corrected chi connectivity index (χ0v) is 14.5. The average Bonchev–Trinajstić information content (AvgIpc) is 2.53. The van der Waals surface area contributed by atoms with Crippen LogP contribution in [0.2, 0.25) is 0 Å². The largest absolute Gasteiger partial charge is 0.481 e. The number of ketones is 4. The maximum absolute atomic E-state index is 11.6. The zero-order chi connectivity index (χ0) is 18.4. The van der Waals surface area contributed by atoms with Gasteiger partial charge in [0.25, 0.3) is 0 Å². The number of rotatable bonds is 16. The van der Waals surface area contributed by atoms with Gasteiger partial charge in [-0.05, 0) is 19.3 Å². The molecule has 0 aromatic carbocycles. The molecule has 0 aliphatic rings. The SMILES string of the molecule is CCCCCC(=O)C(=O)CC(=O)C(=O)CCCCCCCC(=O)O. The standard InChI is InChI=1S/C18H28O6/c1-2-3-7-10-14(19)16(21)13-17(22)15(20)11-8-5-4-6-9-12-18(23)24/h2-13H2,1H3,(H,23,24). The molecular formula is C18H28O6. The molecule has 6 heteroatoms. The number of carbonyl (C=O) groups is 5. The van der Waals surface area contributed by atoms with E-state index in [4.69, 9.17) is 5.11 Å². The monoisotopic (exact) mass is 340 g/mol. The van der Waals surface area contributed by atoms with E-state index >= 15 is 0 Å². The van der Waals surface area contributed by atoms with Gasteiger partial charge in [0.1, 0.15) is 0 Å². The molecule has 0 saturated heterocycles. The van der Waals surface area contributed by atoms with Gasteiger partial charge in [0.15, 0.2) is 11.6 Å². The summed E-state index contributed by atoms with van der Waals surface area (Å²) in [6, 6.07) is 0. The lowest BCUT2D eigenvalue weighted by atomic mass is 10.0. The van der Waals surface area contributed by atoms with Gasteiger partial charge in [-0.2, -0.15) is 0 Å². The second-order valence-electron chi connectivity index (χ2n) is 5.99. The van der Waals surface area contributed by atoms with Crippen molar-refractivity contribution in [3.8, 4) is 0 Å². The van der Waals surface area contributed by atoms with Crippen LogP contribution in [0.1, 0.15) is 84.0 Å². The maximum Gasteiger partial charge on any atom is 0.303 e. The van der Waals surface area contributed by atoms with Gasteiger partial charge in [-0.25, -0.2) is 0 Å². The highest BCUT2D eigenvalue weighted by Gasteiger charge is 2.21. The van der Waals surface area contributed by atoms with Crippen molar-refractivity contribution in [2.75, 3.05) is 0 Å². The van der Waals surface area contributed by atoms with E-state index in [9.17, 15) is 24.0 Å². The molecule has 24 heavy (non-hydrogen) atoms. The quantitative estimate of drug-likeness (QED) is 0.263. The average molecular weight is 340 g/mol. The minimum atomic E-state index is -0.815.